The molecule has 118 valence electrons. The Hall–Kier alpha value is -1.91. The normalized spacial score (nSPS) is 13.1. The fourth-order valence-electron chi connectivity index (χ4n) is 2.43. The Bertz CT molecular complexity index is 604. The molecule has 22 heavy (non-hydrogen) atoms. The average Bonchev–Trinajstić information content (AvgIpc) is 2.88. The monoisotopic (exact) mass is 321 g/mol. The van der Waals surface area contributed by atoms with Gasteiger partial charge in [-0.3, -0.25) is 9.59 Å². The van der Waals surface area contributed by atoms with Crippen LogP contribution >= 0.6 is 11.3 Å². The molecular weight excluding hydrogens is 302 g/mol. The third-order valence-corrected chi connectivity index (χ3v) is 4.77. The van der Waals surface area contributed by atoms with E-state index in [0.717, 1.165) is 31.2 Å². The maximum Gasteiger partial charge on any atom is 0.319 e. The van der Waals surface area contributed by atoms with Crippen LogP contribution in [0.2, 0.25) is 0 Å². The second kappa shape index (κ2) is 7.92. The van der Waals surface area contributed by atoms with Crippen molar-refractivity contribution in [2.45, 2.75) is 32.1 Å². The van der Waals surface area contributed by atoms with Crippen LogP contribution in [0.5, 0.6) is 0 Å². The number of nitrogens with zero attached hydrogens (tertiary/aromatic N) is 1. The van der Waals surface area contributed by atoms with E-state index in [4.69, 9.17) is 0 Å². The van der Waals surface area contributed by atoms with E-state index >= 15 is 0 Å². The Kier molecular flexibility index (Phi) is 5.92. The SMILES string of the molecule is COC(=O)CNCCC(=O)Nc1sc2c(c1C#N)CCCC2. The number of hydrogen-bond acceptors (Lipinski definition) is 6. The van der Waals surface area contributed by atoms with Crippen LogP contribution in [-0.4, -0.2) is 32.1 Å². The van der Waals surface area contributed by atoms with E-state index in [9.17, 15) is 14.9 Å². The van der Waals surface area contributed by atoms with Crippen LogP contribution in [0.1, 0.15) is 35.3 Å². The van der Waals surface area contributed by atoms with Crippen LogP contribution in [0, 0.1) is 11.3 Å². The zero-order valence-electron chi connectivity index (χ0n) is 12.5. The van der Waals surface area contributed by atoms with Crippen molar-refractivity contribution in [1.29, 1.82) is 5.26 Å². The minimum Gasteiger partial charge on any atom is -0.468 e. The number of carbonyl (C=O) groups excluding carboxylic acids is 2. The van der Waals surface area contributed by atoms with Crippen LogP contribution < -0.4 is 10.6 Å². The first kappa shape index (κ1) is 16.5. The van der Waals surface area contributed by atoms with E-state index < -0.39 is 0 Å². The van der Waals surface area contributed by atoms with Gasteiger partial charge in [-0.2, -0.15) is 5.26 Å². The zero-order chi connectivity index (χ0) is 15.9. The Morgan fingerprint density at radius 1 is 1.36 bits per heavy atom. The van der Waals surface area contributed by atoms with Crippen molar-refractivity contribution in [2.75, 3.05) is 25.5 Å². The lowest BCUT2D eigenvalue weighted by atomic mass is 9.96. The highest BCUT2D eigenvalue weighted by Gasteiger charge is 2.21. The molecule has 1 amide bonds. The largest absolute Gasteiger partial charge is 0.468 e. The molecular formula is C15H19N3O3S. The van der Waals surface area contributed by atoms with Gasteiger partial charge in [-0.15, -0.1) is 11.3 Å². The summed E-state index contributed by atoms with van der Waals surface area (Å²) in [4.78, 5) is 24.1. The summed E-state index contributed by atoms with van der Waals surface area (Å²) in [5.41, 5.74) is 1.73. The molecule has 7 heteroatoms. The maximum absolute atomic E-state index is 11.9. The van der Waals surface area contributed by atoms with Crippen molar-refractivity contribution in [3.05, 3.63) is 16.0 Å². The molecule has 1 aliphatic rings. The fraction of sp³-hybridized carbons (Fsp3) is 0.533. The zero-order valence-corrected chi connectivity index (χ0v) is 13.3. The number of nitrogens with one attached hydrogen (secondary N) is 2. The molecule has 0 saturated heterocycles. The topological polar surface area (TPSA) is 91.2 Å². The molecule has 1 heterocycles. The summed E-state index contributed by atoms with van der Waals surface area (Å²) in [6.07, 6.45) is 4.40. The lowest BCUT2D eigenvalue weighted by molar-refractivity contribution is -0.139. The number of amides is 1. The summed E-state index contributed by atoms with van der Waals surface area (Å²) in [5.74, 6) is -0.523. The number of nitriles is 1. The minimum absolute atomic E-state index is 0.0839. The Labute approximate surface area is 133 Å². The smallest absolute Gasteiger partial charge is 0.319 e. The summed E-state index contributed by atoms with van der Waals surface area (Å²) in [6.45, 7) is 0.467. The second-order valence-corrected chi connectivity index (χ2v) is 6.18. The van der Waals surface area contributed by atoms with Crippen molar-refractivity contribution < 1.29 is 14.3 Å². The molecule has 0 aromatic carbocycles. The third-order valence-electron chi connectivity index (χ3n) is 3.56. The van der Waals surface area contributed by atoms with Crippen LogP contribution in [0.25, 0.3) is 0 Å². The highest BCUT2D eigenvalue weighted by atomic mass is 32.1. The van der Waals surface area contributed by atoms with Gasteiger partial charge in [0.15, 0.2) is 0 Å². The first-order valence-electron chi connectivity index (χ1n) is 7.27. The van der Waals surface area contributed by atoms with Crippen LogP contribution in [0.4, 0.5) is 5.00 Å². The quantitative estimate of drug-likeness (QED) is 0.613. The highest BCUT2D eigenvalue weighted by Crippen LogP contribution is 2.37. The minimum atomic E-state index is -0.363. The highest BCUT2D eigenvalue weighted by molar-refractivity contribution is 7.16. The first-order chi connectivity index (χ1) is 10.7. The van der Waals surface area contributed by atoms with Gasteiger partial charge in [-0.25, -0.2) is 0 Å². The fourth-order valence-corrected chi connectivity index (χ4v) is 3.68. The number of methoxy groups -OCH3 is 1. The van der Waals surface area contributed by atoms with Crippen molar-refractivity contribution >= 4 is 28.2 Å². The van der Waals surface area contributed by atoms with Crippen molar-refractivity contribution in [3.63, 3.8) is 0 Å². The molecule has 0 fully saturated rings. The molecule has 0 spiro atoms. The average molecular weight is 321 g/mol. The van der Waals surface area contributed by atoms with Crippen LogP contribution in [-0.2, 0) is 27.2 Å². The molecule has 0 bridgehead atoms. The molecule has 1 aromatic rings. The lowest BCUT2D eigenvalue weighted by Crippen LogP contribution is -2.27. The Balaban J connectivity index is 1.88. The molecule has 0 aliphatic heterocycles. The van der Waals surface area contributed by atoms with Gasteiger partial charge in [0.25, 0.3) is 0 Å². The number of thiophene rings is 1. The second-order valence-electron chi connectivity index (χ2n) is 5.08. The molecule has 1 aliphatic carbocycles. The van der Waals surface area contributed by atoms with Crippen molar-refractivity contribution in [1.82, 2.24) is 5.32 Å². The molecule has 2 rings (SSSR count). The van der Waals surface area contributed by atoms with Gasteiger partial charge < -0.3 is 15.4 Å². The van der Waals surface area contributed by atoms with Crippen molar-refractivity contribution in [3.8, 4) is 6.07 Å². The number of hydrogen-bond donors (Lipinski definition) is 2. The predicted octanol–water partition coefficient (Wildman–Crippen LogP) is 1.59. The predicted molar refractivity (Wildman–Crippen MR) is 83.8 cm³/mol. The molecule has 2 N–H and O–H groups in total. The summed E-state index contributed by atoms with van der Waals surface area (Å²) >= 11 is 1.51. The number of ether oxygens (including phenoxy) is 1. The lowest BCUT2D eigenvalue weighted by Gasteiger charge is -2.09. The van der Waals surface area contributed by atoms with Crippen molar-refractivity contribution in [2.24, 2.45) is 0 Å². The number of fused-ring (bicyclic) bond motifs is 1. The van der Waals surface area contributed by atoms with Gasteiger partial charge in [0, 0.05) is 17.8 Å². The van der Waals surface area contributed by atoms with E-state index in [-0.39, 0.29) is 24.8 Å². The Morgan fingerprint density at radius 3 is 2.86 bits per heavy atom. The number of esters is 1. The summed E-state index contributed by atoms with van der Waals surface area (Å²) in [7, 11) is 1.32. The Morgan fingerprint density at radius 2 is 2.14 bits per heavy atom. The molecule has 6 nitrogen and oxygen atoms in total. The first-order valence-corrected chi connectivity index (χ1v) is 8.09. The standard InChI is InChI=1S/C15H19N3O3S/c1-21-14(20)9-17-7-6-13(19)18-15-11(8-16)10-4-2-3-5-12(10)22-15/h17H,2-7,9H2,1H3,(H,18,19). The van der Waals surface area contributed by atoms with Gasteiger partial charge in [0.2, 0.25) is 5.91 Å². The van der Waals surface area contributed by atoms with Gasteiger partial charge in [0.1, 0.15) is 11.1 Å². The number of carbonyl (C=O) groups is 2. The summed E-state index contributed by atoms with van der Waals surface area (Å²) in [5, 5.41) is 15.6. The molecule has 0 unspecified atom stereocenters. The number of anilines is 1. The summed E-state index contributed by atoms with van der Waals surface area (Å²) in [6, 6.07) is 2.22. The van der Waals surface area contributed by atoms with Gasteiger partial charge in [-0.05, 0) is 31.2 Å². The number of rotatable bonds is 6. The molecule has 0 saturated carbocycles. The third kappa shape index (κ3) is 4.06. The van der Waals surface area contributed by atoms with Crippen LogP contribution in [0.15, 0.2) is 0 Å². The van der Waals surface area contributed by atoms with E-state index in [2.05, 4.69) is 21.4 Å². The molecule has 1 aromatic heterocycles. The van der Waals surface area contributed by atoms with E-state index in [1.165, 1.54) is 23.3 Å². The molecule has 0 radical (unpaired) electrons. The van der Waals surface area contributed by atoms with E-state index in [1.54, 1.807) is 0 Å². The molecule has 0 atom stereocenters. The summed E-state index contributed by atoms with van der Waals surface area (Å²) < 4.78 is 4.49. The maximum atomic E-state index is 11.9. The van der Waals surface area contributed by atoms with Gasteiger partial charge in [-0.1, -0.05) is 0 Å². The van der Waals surface area contributed by atoms with Gasteiger partial charge in [0.05, 0.1) is 19.2 Å². The van der Waals surface area contributed by atoms with E-state index in [0.29, 0.717) is 17.1 Å². The van der Waals surface area contributed by atoms with Gasteiger partial charge >= 0.3 is 5.97 Å². The number of aryl methyl sites for hydroxylation is 1. The van der Waals surface area contributed by atoms with E-state index in [1.807, 2.05) is 0 Å². The van der Waals surface area contributed by atoms with Crippen LogP contribution in [0.3, 0.4) is 0 Å².